The van der Waals surface area contributed by atoms with E-state index in [1.165, 1.54) is 0 Å². The topological polar surface area (TPSA) is 42.3 Å². The van der Waals surface area contributed by atoms with Gasteiger partial charge in [-0.1, -0.05) is 25.1 Å². The number of Topliss-reactive ketones (excluding diaryl/α,β-unsaturated/α-hetero) is 1. The van der Waals surface area contributed by atoms with E-state index in [9.17, 15) is 9.59 Å². The molecule has 0 atom stereocenters. The number of carbonyl (C=O) groups excluding carboxylic acids is 2. The van der Waals surface area contributed by atoms with Crippen molar-refractivity contribution in [3.63, 3.8) is 0 Å². The number of amides is 1. The molecule has 0 unspecified atom stereocenters. The number of nitrogens with zero attached hydrogens (tertiary/aromatic N) is 2. The molecular weight excluding hydrogens is 264 g/mol. The minimum atomic E-state index is 0.0799. The average molecular weight is 286 g/mol. The second-order valence-electron chi connectivity index (χ2n) is 5.03. The standard InChI is InChI=1S/C17H22N2O2/c1-4-16(20)14-11-19(12-17(21)18(5-2)6-3)15-10-8-7-9-13(14)15/h7-11H,4-6,12H2,1-3H3. The fraction of sp³-hybridized carbons (Fsp3) is 0.412. The number of aromatic nitrogens is 1. The summed E-state index contributed by atoms with van der Waals surface area (Å²) in [7, 11) is 0. The molecule has 0 saturated carbocycles. The molecule has 0 bridgehead atoms. The van der Waals surface area contributed by atoms with Gasteiger partial charge in [0.25, 0.3) is 0 Å². The lowest BCUT2D eigenvalue weighted by atomic mass is 10.1. The molecule has 112 valence electrons. The van der Waals surface area contributed by atoms with Crippen molar-refractivity contribution < 1.29 is 9.59 Å². The number of likely N-dealkylation sites (N-methyl/N-ethyl adjacent to an activating group) is 1. The van der Waals surface area contributed by atoms with Crippen LogP contribution in [0.2, 0.25) is 0 Å². The van der Waals surface area contributed by atoms with E-state index in [1.54, 1.807) is 4.90 Å². The number of carbonyl (C=O) groups is 2. The Morgan fingerprint density at radius 2 is 1.76 bits per heavy atom. The van der Waals surface area contributed by atoms with Crippen molar-refractivity contribution in [3.8, 4) is 0 Å². The number of ketones is 1. The molecule has 1 aromatic carbocycles. The van der Waals surface area contributed by atoms with E-state index in [-0.39, 0.29) is 18.2 Å². The third kappa shape index (κ3) is 2.99. The molecule has 0 fully saturated rings. The quantitative estimate of drug-likeness (QED) is 0.766. The Bertz CT molecular complexity index is 654. The molecule has 0 spiro atoms. The molecule has 4 nitrogen and oxygen atoms in total. The summed E-state index contributed by atoms with van der Waals surface area (Å²) < 4.78 is 1.89. The van der Waals surface area contributed by atoms with E-state index in [0.29, 0.717) is 25.1 Å². The summed E-state index contributed by atoms with van der Waals surface area (Å²) in [6.07, 6.45) is 2.29. The highest BCUT2D eigenvalue weighted by atomic mass is 16.2. The Labute approximate surface area is 125 Å². The first kappa shape index (κ1) is 15.3. The smallest absolute Gasteiger partial charge is 0.242 e. The van der Waals surface area contributed by atoms with Crippen LogP contribution in [0.25, 0.3) is 10.9 Å². The molecular formula is C17H22N2O2. The highest BCUT2D eigenvalue weighted by molar-refractivity contribution is 6.08. The first-order valence-electron chi connectivity index (χ1n) is 7.51. The first-order chi connectivity index (χ1) is 10.1. The fourth-order valence-electron chi connectivity index (χ4n) is 2.61. The summed E-state index contributed by atoms with van der Waals surface area (Å²) in [5.41, 5.74) is 1.65. The van der Waals surface area contributed by atoms with Gasteiger partial charge in [-0.15, -0.1) is 0 Å². The number of hydrogen-bond acceptors (Lipinski definition) is 2. The van der Waals surface area contributed by atoms with Gasteiger partial charge in [-0.25, -0.2) is 0 Å². The number of benzene rings is 1. The summed E-state index contributed by atoms with van der Waals surface area (Å²) in [6.45, 7) is 7.49. The number of fused-ring (bicyclic) bond motifs is 1. The van der Waals surface area contributed by atoms with Crippen LogP contribution in [0.15, 0.2) is 30.5 Å². The molecule has 0 aliphatic heterocycles. The maximum Gasteiger partial charge on any atom is 0.242 e. The molecule has 0 N–H and O–H groups in total. The van der Waals surface area contributed by atoms with Crippen molar-refractivity contribution >= 4 is 22.6 Å². The van der Waals surface area contributed by atoms with Gasteiger partial charge in [-0.2, -0.15) is 0 Å². The normalized spacial score (nSPS) is 10.8. The molecule has 0 radical (unpaired) electrons. The largest absolute Gasteiger partial charge is 0.342 e. The number of rotatable bonds is 6. The Balaban J connectivity index is 2.40. The lowest BCUT2D eigenvalue weighted by Gasteiger charge is -2.19. The van der Waals surface area contributed by atoms with Gasteiger partial charge in [-0.05, 0) is 19.9 Å². The van der Waals surface area contributed by atoms with Crippen LogP contribution in [0.5, 0.6) is 0 Å². The van der Waals surface area contributed by atoms with Crippen LogP contribution >= 0.6 is 0 Å². The Morgan fingerprint density at radius 1 is 1.10 bits per heavy atom. The summed E-state index contributed by atoms with van der Waals surface area (Å²) in [5, 5.41) is 0.927. The molecule has 0 aliphatic rings. The molecule has 2 rings (SSSR count). The lowest BCUT2D eigenvalue weighted by molar-refractivity contribution is -0.131. The van der Waals surface area contributed by atoms with Gasteiger partial charge in [0.05, 0.1) is 0 Å². The summed E-state index contributed by atoms with van der Waals surface area (Å²) >= 11 is 0. The van der Waals surface area contributed by atoms with Crippen LogP contribution < -0.4 is 0 Å². The summed E-state index contributed by atoms with van der Waals surface area (Å²) in [5.74, 6) is 0.191. The second-order valence-corrected chi connectivity index (χ2v) is 5.03. The van der Waals surface area contributed by atoms with Crippen LogP contribution in [-0.2, 0) is 11.3 Å². The minimum Gasteiger partial charge on any atom is -0.342 e. The van der Waals surface area contributed by atoms with Gasteiger partial charge >= 0.3 is 0 Å². The molecule has 1 heterocycles. The highest BCUT2D eigenvalue weighted by Gasteiger charge is 2.16. The van der Waals surface area contributed by atoms with Gasteiger partial charge in [0.15, 0.2) is 5.78 Å². The van der Waals surface area contributed by atoms with Crippen molar-refractivity contribution in [2.75, 3.05) is 13.1 Å². The molecule has 0 saturated heterocycles. The zero-order valence-corrected chi connectivity index (χ0v) is 12.9. The van der Waals surface area contributed by atoms with E-state index in [2.05, 4.69) is 0 Å². The Kier molecular flexibility index (Phi) is 4.78. The van der Waals surface area contributed by atoms with E-state index < -0.39 is 0 Å². The Morgan fingerprint density at radius 3 is 2.38 bits per heavy atom. The predicted octanol–water partition coefficient (Wildman–Crippen LogP) is 3.10. The predicted molar refractivity (Wildman–Crippen MR) is 84.5 cm³/mol. The maximum atomic E-state index is 12.3. The van der Waals surface area contributed by atoms with Crippen molar-refractivity contribution in [2.24, 2.45) is 0 Å². The summed E-state index contributed by atoms with van der Waals surface area (Å²) in [4.78, 5) is 26.2. The zero-order chi connectivity index (χ0) is 15.4. The maximum absolute atomic E-state index is 12.3. The van der Waals surface area contributed by atoms with E-state index in [1.807, 2.05) is 55.8 Å². The van der Waals surface area contributed by atoms with Crippen LogP contribution in [0, 0.1) is 0 Å². The number of hydrogen-bond donors (Lipinski definition) is 0. The van der Waals surface area contributed by atoms with Crippen molar-refractivity contribution in [1.29, 1.82) is 0 Å². The first-order valence-corrected chi connectivity index (χ1v) is 7.51. The van der Waals surface area contributed by atoms with Crippen LogP contribution in [0.1, 0.15) is 37.6 Å². The Hall–Kier alpha value is -2.10. The lowest BCUT2D eigenvalue weighted by Crippen LogP contribution is -2.33. The molecule has 0 aliphatic carbocycles. The molecule has 1 aromatic heterocycles. The molecule has 4 heteroatoms. The molecule has 2 aromatic rings. The van der Waals surface area contributed by atoms with Gasteiger partial charge in [0, 0.05) is 42.2 Å². The monoisotopic (exact) mass is 286 g/mol. The second kappa shape index (κ2) is 6.57. The third-order valence-electron chi connectivity index (χ3n) is 3.83. The van der Waals surface area contributed by atoms with Gasteiger partial charge < -0.3 is 9.47 Å². The van der Waals surface area contributed by atoms with Crippen molar-refractivity contribution in [3.05, 3.63) is 36.0 Å². The third-order valence-corrected chi connectivity index (χ3v) is 3.83. The fourth-order valence-corrected chi connectivity index (χ4v) is 2.61. The van der Waals surface area contributed by atoms with Gasteiger partial charge in [0.2, 0.25) is 5.91 Å². The van der Waals surface area contributed by atoms with Crippen LogP contribution in [0.3, 0.4) is 0 Å². The van der Waals surface area contributed by atoms with Crippen LogP contribution in [-0.4, -0.2) is 34.2 Å². The minimum absolute atomic E-state index is 0.0799. The molecule has 1 amide bonds. The SMILES string of the molecule is CCC(=O)c1cn(CC(=O)N(CC)CC)c2ccccc12. The highest BCUT2D eigenvalue weighted by Crippen LogP contribution is 2.22. The zero-order valence-electron chi connectivity index (χ0n) is 12.9. The van der Waals surface area contributed by atoms with E-state index >= 15 is 0 Å². The average Bonchev–Trinajstić information content (AvgIpc) is 2.87. The van der Waals surface area contributed by atoms with E-state index in [4.69, 9.17) is 0 Å². The van der Waals surface area contributed by atoms with Crippen molar-refractivity contribution in [1.82, 2.24) is 9.47 Å². The van der Waals surface area contributed by atoms with Gasteiger partial charge in [-0.3, -0.25) is 9.59 Å². The number of para-hydroxylation sites is 1. The van der Waals surface area contributed by atoms with Gasteiger partial charge in [0.1, 0.15) is 6.54 Å². The van der Waals surface area contributed by atoms with Crippen molar-refractivity contribution in [2.45, 2.75) is 33.7 Å². The van der Waals surface area contributed by atoms with Crippen LogP contribution in [0.4, 0.5) is 0 Å². The summed E-state index contributed by atoms with van der Waals surface area (Å²) in [6, 6.07) is 7.75. The molecule has 21 heavy (non-hydrogen) atoms. The van der Waals surface area contributed by atoms with E-state index in [0.717, 1.165) is 10.9 Å².